The van der Waals surface area contributed by atoms with Gasteiger partial charge in [0.15, 0.2) is 0 Å². The molecule has 2 atom stereocenters. The maximum atomic E-state index is 12.8. The van der Waals surface area contributed by atoms with E-state index >= 15 is 0 Å². The van der Waals surface area contributed by atoms with Crippen LogP contribution in [0.15, 0.2) is 72.8 Å². The molecule has 8 heteroatoms. The molecule has 166 valence electrons. The monoisotopic (exact) mass is 470 g/mol. The molecular weight excluding hydrogens is 446 g/mol. The molecule has 0 aliphatic carbocycles. The SMILES string of the molecule is Cc1ccc2cc(CP(=O)(O)Oc3ccc4ccc(C(C)P(=O)(O)O)cc4c3)ccc2c1. The fraction of sp³-hybridized carbons (Fsp3) is 0.167. The highest BCUT2D eigenvalue weighted by atomic mass is 31.2. The average molecular weight is 470 g/mol. The molecule has 0 aromatic heterocycles. The molecule has 0 radical (unpaired) electrons. The molecule has 4 aromatic carbocycles. The van der Waals surface area contributed by atoms with Crippen molar-refractivity contribution < 1.29 is 28.3 Å². The normalized spacial score (nSPS) is 14.9. The Balaban J connectivity index is 1.58. The zero-order valence-corrected chi connectivity index (χ0v) is 19.5. The largest absolute Gasteiger partial charge is 0.424 e. The molecule has 0 spiro atoms. The second-order valence-corrected chi connectivity index (χ2v) is 11.8. The Labute approximate surface area is 186 Å². The van der Waals surface area contributed by atoms with E-state index in [0.29, 0.717) is 16.5 Å². The van der Waals surface area contributed by atoms with Crippen LogP contribution in [0, 0.1) is 6.92 Å². The summed E-state index contributed by atoms with van der Waals surface area (Å²) >= 11 is 0. The van der Waals surface area contributed by atoms with Crippen LogP contribution < -0.4 is 4.52 Å². The summed E-state index contributed by atoms with van der Waals surface area (Å²) in [7, 11) is -8.26. The second kappa shape index (κ2) is 8.47. The summed E-state index contributed by atoms with van der Waals surface area (Å²) in [6.07, 6.45) is -0.135. The Morgan fingerprint density at radius 1 is 0.781 bits per heavy atom. The molecule has 0 saturated heterocycles. The van der Waals surface area contributed by atoms with Crippen molar-refractivity contribution in [2.75, 3.05) is 0 Å². The quantitative estimate of drug-likeness (QED) is 0.286. The highest BCUT2D eigenvalue weighted by molar-refractivity contribution is 7.52. The van der Waals surface area contributed by atoms with Gasteiger partial charge in [0.2, 0.25) is 0 Å². The van der Waals surface area contributed by atoms with Gasteiger partial charge in [-0.25, -0.2) is 4.57 Å². The van der Waals surface area contributed by atoms with Crippen LogP contribution in [0.4, 0.5) is 0 Å². The van der Waals surface area contributed by atoms with Gasteiger partial charge in [0.05, 0.1) is 11.8 Å². The maximum absolute atomic E-state index is 12.8. The molecule has 3 N–H and O–H groups in total. The van der Waals surface area contributed by atoms with Crippen molar-refractivity contribution in [1.29, 1.82) is 0 Å². The number of rotatable bonds is 6. The van der Waals surface area contributed by atoms with Crippen molar-refractivity contribution >= 4 is 36.7 Å². The topological polar surface area (TPSA) is 104 Å². The standard InChI is InChI=1S/C24H24O6P2/c1-16-3-5-22-12-18(4-6-21(22)11-16)15-31(25,26)30-24-10-9-19-7-8-20(13-23(19)14-24)17(2)32(27,28)29/h3-14,17H,15H2,1-2H3,(H,25,26)(H2,27,28,29). The zero-order valence-electron chi connectivity index (χ0n) is 17.7. The van der Waals surface area contributed by atoms with E-state index in [4.69, 9.17) is 4.52 Å². The van der Waals surface area contributed by atoms with Crippen LogP contribution in [0.2, 0.25) is 0 Å². The van der Waals surface area contributed by atoms with Crippen molar-refractivity contribution in [2.24, 2.45) is 0 Å². The predicted molar refractivity (Wildman–Crippen MR) is 127 cm³/mol. The van der Waals surface area contributed by atoms with E-state index in [1.54, 1.807) is 36.4 Å². The molecule has 2 unspecified atom stereocenters. The minimum atomic E-state index is -4.28. The minimum absolute atomic E-state index is 0.135. The third kappa shape index (κ3) is 5.12. The average Bonchev–Trinajstić information content (AvgIpc) is 2.71. The summed E-state index contributed by atoms with van der Waals surface area (Å²) in [4.78, 5) is 29.4. The molecule has 4 rings (SSSR count). The lowest BCUT2D eigenvalue weighted by Crippen LogP contribution is -1.97. The van der Waals surface area contributed by atoms with Crippen LogP contribution in [0.5, 0.6) is 5.75 Å². The van der Waals surface area contributed by atoms with Gasteiger partial charge in [-0.1, -0.05) is 66.2 Å². The third-order valence-corrected chi connectivity index (χ3v) is 8.08. The summed E-state index contributed by atoms with van der Waals surface area (Å²) in [6, 6.07) is 21.7. The maximum Gasteiger partial charge on any atom is 0.380 e. The Bertz CT molecular complexity index is 1410. The smallest absolute Gasteiger partial charge is 0.380 e. The Hall–Kier alpha value is -2.46. The van der Waals surface area contributed by atoms with E-state index in [0.717, 1.165) is 21.7 Å². The van der Waals surface area contributed by atoms with Gasteiger partial charge in [-0.05, 0) is 58.7 Å². The van der Waals surface area contributed by atoms with Crippen molar-refractivity contribution in [3.8, 4) is 5.75 Å². The zero-order chi connectivity index (χ0) is 23.1. The lowest BCUT2D eigenvalue weighted by atomic mass is 10.1. The summed E-state index contributed by atoms with van der Waals surface area (Å²) in [5.74, 6) is 0.223. The minimum Gasteiger partial charge on any atom is -0.424 e. The molecule has 0 aliphatic rings. The van der Waals surface area contributed by atoms with E-state index in [-0.39, 0.29) is 11.9 Å². The van der Waals surface area contributed by atoms with Crippen LogP contribution in [0.1, 0.15) is 29.3 Å². The Kier molecular flexibility index (Phi) is 6.02. The fourth-order valence-electron chi connectivity index (χ4n) is 3.69. The van der Waals surface area contributed by atoms with Gasteiger partial charge in [-0.15, -0.1) is 0 Å². The first-order valence-electron chi connectivity index (χ1n) is 10.1. The van der Waals surface area contributed by atoms with Gasteiger partial charge < -0.3 is 19.2 Å². The number of fused-ring (bicyclic) bond motifs is 2. The van der Waals surface area contributed by atoms with Crippen LogP contribution >= 0.6 is 15.2 Å². The van der Waals surface area contributed by atoms with E-state index < -0.39 is 20.9 Å². The van der Waals surface area contributed by atoms with Crippen molar-refractivity contribution in [3.05, 3.63) is 89.5 Å². The van der Waals surface area contributed by atoms with E-state index in [2.05, 4.69) is 6.07 Å². The lowest BCUT2D eigenvalue weighted by Gasteiger charge is -2.16. The number of benzene rings is 4. The van der Waals surface area contributed by atoms with Crippen molar-refractivity contribution in [3.63, 3.8) is 0 Å². The number of hydrogen-bond acceptors (Lipinski definition) is 3. The van der Waals surface area contributed by atoms with Crippen LogP contribution in [-0.4, -0.2) is 14.7 Å². The molecule has 6 nitrogen and oxygen atoms in total. The van der Waals surface area contributed by atoms with Gasteiger partial charge in [0.1, 0.15) is 5.75 Å². The van der Waals surface area contributed by atoms with Crippen LogP contribution in [0.25, 0.3) is 21.5 Å². The van der Waals surface area contributed by atoms with Crippen LogP contribution in [0.3, 0.4) is 0 Å². The molecular formula is C24H24O6P2. The molecule has 0 saturated carbocycles. The van der Waals surface area contributed by atoms with Gasteiger partial charge >= 0.3 is 15.2 Å². The van der Waals surface area contributed by atoms with Gasteiger partial charge in [0.25, 0.3) is 0 Å². The van der Waals surface area contributed by atoms with Gasteiger partial charge in [-0.2, -0.15) is 0 Å². The molecule has 0 fully saturated rings. The fourth-order valence-corrected chi connectivity index (χ4v) is 5.41. The Morgan fingerprint density at radius 2 is 1.44 bits per heavy atom. The summed E-state index contributed by atoms with van der Waals surface area (Å²) in [5, 5.41) is 3.56. The van der Waals surface area contributed by atoms with Gasteiger partial charge in [0, 0.05) is 0 Å². The van der Waals surface area contributed by atoms with E-state index in [1.165, 1.54) is 6.92 Å². The van der Waals surface area contributed by atoms with E-state index in [9.17, 15) is 23.8 Å². The lowest BCUT2D eigenvalue weighted by molar-refractivity contribution is 0.361. The first-order valence-corrected chi connectivity index (χ1v) is 13.5. The number of hydrogen-bond donors (Lipinski definition) is 3. The molecule has 0 amide bonds. The van der Waals surface area contributed by atoms with Crippen molar-refractivity contribution in [1.82, 2.24) is 0 Å². The van der Waals surface area contributed by atoms with Crippen molar-refractivity contribution in [2.45, 2.75) is 25.7 Å². The van der Waals surface area contributed by atoms with E-state index in [1.807, 2.05) is 37.3 Å². The highest BCUT2D eigenvalue weighted by Gasteiger charge is 2.26. The predicted octanol–water partition coefficient (Wildman–Crippen LogP) is 6.30. The number of aryl methyl sites for hydroxylation is 1. The molecule has 0 heterocycles. The third-order valence-electron chi connectivity index (χ3n) is 5.51. The molecule has 32 heavy (non-hydrogen) atoms. The van der Waals surface area contributed by atoms with Gasteiger partial charge in [-0.3, -0.25) is 4.57 Å². The molecule has 0 aliphatic heterocycles. The summed E-state index contributed by atoms with van der Waals surface area (Å²) in [5.41, 5.74) is 1.39. The van der Waals surface area contributed by atoms with Crippen LogP contribution in [-0.2, 0) is 15.3 Å². The molecule has 4 aromatic rings. The second-order valence-electron chi connectivity index (χ2n) is 8.11. The molecule has 0 bridgehead atoms. The first kappa shape index (κ1) is 22.7. The Morgan fingerprint density at radius 3 is 2.19 bits per heavy atom. The summed E-state index contributed by atoms with van der Waals surface area (Å²) < 4.78 is 29.9. The summed E-state index contributed by atoms with van der Waals surface area (Å²) in [6.45, 7) is 3.48. The highest BCUT2D eigenvalue weighted by Crippen LogP contribution is 2.52. The first-order chi connectivity index (χ1) is 15.0.